The molecule has 0 saturated carbocycles. The van der Waals surface area contributed by atoms with Gasteiger partial charge in [0.15, 0.2) is 0 Å². The number of ether oxygens (including phenoxy) is 1. The van der Waals surface area contributed by atoms with Crippen molar-refractivity contribution in [3.8, 4) is 0 Å². The summed E-state index contributed by atoms with van der Waals surface area (Å²) in [6.45, 7) is -0.201. The van der Waals surface area contributed by atoms with Gasteiger partial charge < -0.3 is 15.2 Å². The van der Waals surface area contributed by atoms with Crippen LogP contribution in [-0.2, 0) is 20.7 Å². The molecular weight excluding hydrogens is 241 g/mol. The third kappa shape index (κ3) is 4.50. The molecule has 1 amide bonds. The van der Waals surface area contributed by atoms with Gasteiger partial charge in [-0.1, -0.05) is 12.1 Å². The van der Waals surface area contributed by atoms with E-state index in [1.54, 1.807) is 0 Å². The first-order chi connectivity index (χ1) is 8.52. The molecule has 98 valence electrons. The smallest absolute Gasteiger partial charge is 0.326 e. The molecule has 0 heterocycles. The SMILES string of the molecule is COCC(=O)N[C@@H](Cc1ccc(F)cc1)C(=O)O. The summed E-state index contributed by atoms with van der Waals surface area (Å²) in [5.74, 6) is -2.05. The van der Waals surface area contributed by atoms with E-state index in [2.05, 4.69) is 10.1 Å². The number of carbonyl (C=O) groups is 2. The number of carboxylic acid groups (broad SMARTS) is 1. The van der Waals surface area contributed by atoms with Crippen LogP contribution in [0.15, 0.2) is 24.3 Å². The van der Waals surface area contributed by atoms with Crippen molar-refractivity contribution in [3.63, 3.8) is 0 Å². The summed E-state index contributed by atoms with van der Waals surface area (Å²) in [5.41, 5.74) is 0.626. The fourth-order valence-corrected chi connectivity index (χ4v) is 1.42. The number of rotatable bonds is 6. The van der Waals surface area contributed by atoms with E-state index in [0.717, 1.165) is 0 Å². The van der Waals surface area contributed by atoms with Crippen LogP contribution < -0.4 is 5.32 Å². The molecule has 0 bridgehead atoms. The van der Waals surface area contributed by atoms with E-state index in [1.807, 2.05) is 0 Å². The second-order valence-electron chi connectivity index (χ2n) is 3.72. The fourth-order valence-electron chi connectivity index (χ4n) is 1.42. The van der Waals surface area contributed by atoms with Crippen LogP contribution in [0, 0.1) is 5.82 Å². The third-order valence-corrected chi connectivity index (χ3v) is 2.26. The number of amides is 1. The number of methoxy groups -OCH3 is 1. The Morgan fingerprint density at radius 2 is 2.00 bits per heavy atom. The Balaban J connectivity index is 2.65. The Bertz CT molecular complexity index is 419. The lowest BCUT2D eigenvalue weighted by Crippen LogP contribution is -2.43. The van der Waals surface area contributed by atoms with Crippen molar-refractivity contribution in [1.29, 1.82) is 0 Å². The van der Waals surface area contributed by atoms with Crippen molar-refractivity contribution in [2.75, 3.05) is 13.7 Å². The van der Waals surface area contributed by atoms with E-state index in [9.17, 15) is 14.0 Å². The molecule has 0 saturated heterocycles. The summed E-state index contributed by atoms with van der Waals surface area (Å²) >= 11 is 0. The summed E-state index contributed by atoms with van der Waals surface area (Å²) in [4.78, 5) is 22.2. The van der Waals surface area contributed by atoms with E-state index >= 15 is 0 Å². The summed E-state index contributed by atoms with van der Waals surface area (Å²) in [6, 6.07) is 4.39. The number of benzene rings is 1. The number of aliphatic carboxylic acids is 1. The summed E-state index contributed by atoms with van der Waals surface area (Å²) in [5, 5.41) is 11.3. The average Bonchev–Trinajstić information content (AvgIpc) is 2.31. The minimum atomic E-state index is -1.15. The van der Waals surface area contributed by atoms with E-state index in [0.29, 0.717) is 5.56 Å². The lowest BCUT2D eigenvalue weighted by atomic mass is 10.1. The minimum absolute atomic E-state index is 0.0884. The Morgan fingerprint density at radius 1 is 1.39 bits per heavy atom. The number of carbonyl (C=O) groups excluding carboxylic acids is 1. The van der Waals surface area contributed by atoms with Gasteiger partial charge in [-0.25, -0.2) is 9.18 Å². The summed E-state index contributed by atoms with van der Waals surface area (Å²) in [6.07, 6.45) is 0.0884. The molecule has 0 unspecified atom stereocenters. The largest absolute Gasteiger partial charge is 0.480 e. The molecule has 0 radical (unpaired) electrons. The number of nitrogens with one attached hydrogen (secondary N) is 1. The highest BCUT2D eigenvalue weighted by Crippen LogP contribution is 2.06. The van der Waals surface area contributed by atoms with Crippen LogP contribution in [0.2, 0.25) is 0 Å². The molecule has 18 heavy (non-hydrogen) atoms. The quantitative estimate of drug-likeness (QED) is 0.779. The van der Waals surface area contributed by atoms with Gasteiger partial charge >= 0.3 is 5.97 Å². The van der Waals surface area contributed by atoms with E-state index in [-0.39, 0.29) is 13.0 Å². The molecule has 0 aliphatic rings. The van der Waals surface area contributed by atoms with Gasteiger partial charge in [0.25, 0.3) is 0 Å². The minimum Gasteiger partial charge on any atom is -0.480 e. The number of hydrogen-bond acceptors (Lipinski definition) is 3. The zero-order chi connectivity index (χ0) is 13.5. The van der Waals surface area contributed by atoms with Gasteiger partial charge in [0.05, 0.1) is 0 Å². The molecule has 0 fully saturated rings. The average molecular weight is 255 g/mol. The predicted octanol–water partition coefficient (Wildman–Crippen LogP) is 0.584. The summed E-state index contributed by atoms with van der Waals surface area (Å²) < 4.78 is 17.3. The van der Waals surface area contributed by atoms with Gasteiger partial charge in [0, 0.05) is 13.5 Å². The number of carboxylic acids is 1. The van der Waals surface area contributed by atoms with Crippen molar-refractivity contribution in [2.24, 2.45) is 0 Å². The monoisotopic (exact) mass is 255 g/mol. The molecule has 0 aliphatic heterocycles. The first-order valence-electron chi connectivity index (χ1n) is 5.28. The second kappa shape index (κ2) is 6.70. The van der Waals surface area contributed by atoms with E-state index < -0.39 is 23.7 Å². The van der Waals surface area contributed by atoms with Crippen molar-refractivity contribution >= 4 is 11.9 Å². The van der Waals surface area contributed by atoms with Gasteiger partial charge in [-0.15, -0.1) is 0 Å². The van der Waals surface area contributed by atoms with Crippen LogP contribution in [0.25, 0.3) is 0 Å². The number of halogens is 1. The normalized spacial score (nSPS) is 11.9. The van der Waals surface area contributed by atoms with Crippen LogP contribution in [0.1, 0.15) is 5.56 Å². The Morgan fingerprint density at radius 3 is 2.50 bits per heavy atom. The molecule has 5 nitrogen and oxygen atoms in total. The van der Waals surface area contributed by atoms with Gasteiger partial charge in [0.2, 0.25) is 5.91 Å². The van der Waals surface area contributed by atoms with Crippen molar-refractivity contribution < 1.29 is 23.8 Å². The lowest BCUT2D eigenvalue weighted by molar-refractivity contribution is -0.142. The molecule has 6 heteroatoms. The topological polar surface area (TPSA) is 75.6 Å². The van der Waals surface area contributed by atoms with Gasteiger partial charge in [-0.2, -0.15) is 0 Å². The van der Waals surface area contributed by atoms with E-state index in [1.165, 1.54) is 31.4 Å². The summed E-state index contributed by atoms with van der Waals surface area (Å²) in [7, 11) is 1.34. The molecule has 1 rings (SSSR count). The second-order valence-corrected chi connectivity index (χ2v) is 3.72. The number of hydrogen-bond donors (Lipinski definition) is 2. The Kier molecular flexibility index (Phi) is 5.26. The maximum atomic E-state index is 12.7. The Hall–Kier alpha value is -1.95. The van der Waals surface area contributed by atoms with Gasteiger partial charge in [0.1, 0.15) is 18.5 Å². The van der Waals surface area contributed by atoms with Crippen molar-refractivity contribution in [1.82, 2.24) is 5.32 Å². The molecule has 1 aromatic rings. The van der Waals surface area contributed by atoms with Crippen LogP contribution >= 0.6 is 0 Å². The zero-order valence-electron chi connectivity index (χ0n) is 9.85. The molecule has 1 atom stereocenters. The maximum Gasteiger partial charge on any atom is 0.326 e. The van der Waals surface area contributed by atoms with Crippen molar-refractivity contribution in [2.45, 2.75) is 12.5 Å². The highest BCUT2D eigenvalue weighted by atomic mass is 19.1. The molecule has 1 aromatic carbocycles. The van der Waals surface area contributed by atoms with E-state index in [4.69, 9.17) is 5.11 Å². The Labute approximate surface area is 104 Å². The molecule has 0 spiro atoms. The molecule has 0 aliphatic carbocycles. The molecule has 2 N–H and O–H groups in total. The fraction of sp³-hybridized carbons (Fsp3) is 0.333. The first-order valence-corrected chi connectivity index (χ1v) is 5.28. The molecular formula is C12H14FNO4. The van der Waals surface area contributed by atoms with Crippen molar-refractivity contribution in [3.05, 3.63) is 35.6 Å². The van der Waals surface area contributed by atoms with Crippen LogP contribution in [0.3, 0.4) is 0 Å². The zero-order valence-corrected chi connectivity index (χ0v) is 9.85. The van der Waals surface area contributed by atoms with Crippen LogP contribution in [0.4, 0.5) is 4.39 Å². The van der Waals surface area contributed by atoms with Gasteiger partial charge in [-0.3, -0.25) is 4.79 Å². The van der Waals surface area contributed by atoms with Gasteiger partial charge in [-0.05, 0) is 17.7 Å². The predicted molar refractivity (Wildman–Crippen MR) is 61.5 cm³/mol. The highest BCUT2D eigenvalue weighted by Gasteiger charge is 2.20. The third-order valence-electron chi connectivity index (χ3n) is 2.26. The molecule has 0 aromatic heterocycles. The standard InChI is InChI=1S/C12H14FNO4/c1-18-7-11(15)14-10(12(16)17)6-8-2-4-9(13)5-3-8/h2-5,10H,6-7H2,1H3,(H,14,15)(H,16,17)/t10-/m0/s1. The van der Waals surface area contributed by atoms with Crippen LogP contribution in [-0.4, -0.2) is 36.7 Å². The highest BCUT2D eigenvalue weighted by molar-refractivity contribution is 5.84. The first kappa shape index (κ1) is 14.1. The maximum absolute atomic E-state index is 12.7. The van der Waals surface area contributed by atoms with Crippen LogP contribution in [0.5, 0.6) is 0 Å². The lowest BCUT2D eigenvalue weighted by Gasteiger charge is -2.14.